The van der Waals surface area contributed by atoms with Gasteiger partial charge in [-0.3, -0.25) is 9.59 Å². The number of carboxylic acids is 1. The molecular weight excluding hydrogens is 414 g/mol. The van der Waals surface area contributed by atoms with Crippen LogP contribution in [-0.4, -0.2) is 29.7 Å². The Hall–Kier alpha value is -3.15. The van der Waals surface area contributed by atoms with Crippen LogP contribution in [-0.2, 0) is 20.7 Å². The van der Waals surface area contributed by atoms with Gasteiger partial charge in [-0.05, 0) is 40.3 Å². The van der Waals surface area contributed by atoms with Crippen molar-refractivity contribution in [3.05, 3.63) is 94.5 Å². The van der Waals surface area contributed by atoms with Crippen LogP contribution in [0.25, 0.3) is 11.1 Å². The quantitative estimate of drug-likeness (QED) is 0.427. The molecule has 0 radical (unpaired) electrons. The number of ether oxygens (including phenoxy) is 1. The molecule has 1 aliphatic carbocycles. The SMILES string of the molecule is N[C@@H](Cc1ccccc1Cl)[C@@H](C(=O)O)C(=O)OCC1c2ccccc2-c2ccccc21. The molecule has 0 saturated carbocycles. The molecule has 0 fully saturated rings. The summed E-state index contributed by atoms with van der Waals surface area (Å²) in [5.41, 5.74) is 11.1. The average molecular weight is 436 g/mol. The fourth-order valence-corrected chi connectivity index (χ4v) is 4.40. The molecule has 4 rings (SSSR count). The fraction of sp³-hybridized carbons (Fsp3) is 0.200. The zero-order chi connectivity index (χ0) is 22.0. The summed E-state index contributed by atoms with van der Waals surface area (Å²) in [5, 5.41) is 10.1. The van der Waals surface area contributed by atoms with Gasteiger partial charge < -0.3 is 15.6 Å². The van der Waals surface area contributed by atoms with Gasteiger partial charge in [0.1, 0.15) is 6.61 Å². The number of carbonyl (C=O) groups is 2. The number of fused-ring (bicyclic) bond motifs is 3. The second-order valence-corrected chi connectivity index (χ2v) is 8.04. The molecule has 0 unspecified atom stereocenters. The van der Waals surface area contributed by atoms with Crippen molar-refractivity contribution in [3.63, 3.8) is 0 Å². The lowest BCUT2D eigenvalue weighted by Gasteiger charge is -2.21. The van der Waals surface area contributed by atoms with Crippen LogP contribution in [0.15, 0.2) is 72.8 Å². The first-order valence-electron chi connectivity index (χ1n) is 10.0. The maximum absolute atomic E-state index is 12.8. The molecule has 0 amide bonds. The van der Waals surface area contributed by atoms with Gasteiger partial charge in [0.15, 0.2) is 5.92 Å². The molecule has 0 saturated heterocycles. The number of aliphatic carboxylic acids is 1. The second-order valence-electron chi connectivity index (χ2n) is 7.63. The third kappa shape index (κ3) is 4.20. The highest BCUT2D eigenvalue weighted by Gasteiger charge is 2.36. The maximum atomic E-state index is 12.8. The zero-order valence-corrected chi connectivity index (χ0v) is 17.5. The van der Waals surface area contributed by atoms with E-state index >= 15 is 0 Å². The van der Waals surface area contributed by atoms with E-state index in [1.165, 1.54) is 0 Å². The van der Waals surface area contributed by atoms with Crippen molar-refractivity contribution in [2.45, 2.75) is 18.4 Å². The van der Waals surface area contributed by atoms with E-state index in [1.807, 2.05) is 48.5 Å². The van der Waals surface area contributed by atoms with Gasteiger partial charge in [-0.2, -0.15) is 0 Å². The number of rotatable bonds is 7. The lowest BCUT2D eigenvalue weighted by Crippen LogP contribution is -2.43. The number of carboxylic acid groups (broad SMARTS) is 1. The van der Waals surface area contributed by atoms with Gasteiger partial charge in [0, 0.05) is 17.0 Å². The second kappa shape index (κ2) is 8.92. The number of hydrogen-bond acceptors (Lipinski definition) is 4. The van der Waals surface area contributed by atoms with Crippen molar-refractivity contribution in [3.8, 4) is 11.1 Å². The van der Waals surface area contributed by atoms with Gasteiger partial charge in [-0.15, -0.1) is 0 Å². The third-order valence-corrected chi connectivity index (χ3v) is 6.09. The minimum absolute atomic E-state index is 0.0510. The van der Waals surface area contributed by atoms with Gasteiger partial charge in [0.2, 0.25) is 0 Å². The minimum atomic E-state index is -1.48. The maximum Gasteiger partial charge on any atom is 0.321 e. The Bertz CT molecular complexity index is 1080. The monoisotopic (exact) mass is 435 g/mol. The van der Waals surface area contributed by atoms with E-state index < -0.39 is 23.9 Å². The summed E-state index contributed by atoms with van der Waals surface area (Å²) in [6.45, 7) is 0.0510. The van der Waals surface area contributed by atoms with E-state index in [0.29, 0.717) is 10.6 Å². The number of benzene rings is 3. The molecule has 0 heterocycles. The predicted molar refractivity (Wildman–Crippen MR) is 119 cm³/mol. The summed E-state index contributed by atoms with van der Waals surface area (Å²) in [6, 6.07) is 22.0. The molecule has 3 aromatic carbocycles. The molecule has 158 valence electrons. The van der Waals surface area contributed by atoms with Gasteiger partial charge in [-0.1, -0.05) is 78.3 Å². The number of hydrogen-bond donors (Lipinski definition) is 2. The Balaban J connectivity index is 1.50. The Morgan fingerprint density at radius 2 is 1.48 bits per heavy atom. The molecule has 0 aromatic heterocycles. The fourth-order valence-electron chi connectivity index (χ4n) is 4.19. The van der Waals surface area contributed by atoms with Gasteiger partial charge in [0.25, 0.3) is 0 Å². The van der Waals surface area contributed by atoms with Crippen molar-refractivity contribution in [1.29, 1.82) is 0 Å². The summed E-state index contributed by atoms with van der Waals surface area (Å²) in [6.07, 6.45) is 0.154. The topological polar surface area (TPSA) is 89.6 Å². The molecule has 31 heavy (non-hydrogen) atoms. The molecule has 3 N–H and O–H groups in total. The largest absolute Gasteiger partial charge is 0.481 e. The van der Waals surface area contributed by atoms with Crippen LogP contribution in [0.5, 0.6) is 0 Å². The lowest BCUT2D eigenvalue weighted by molar-refractivity contribution is -0.159. The summed E-state index contributed by atoms with van der Waals surface area (Å²) in [5.74, 6) is -3.78. The van der Waals surface area contributed by atoms with E-state index in [0.717, 1.165) is 22.3 Å². The normalized spacial score (nSPS) is 14.4. The van der Waals surface area contributed by atoms with Crippen LogP contribution >= 0.6 is 11.6 Å². The standard InChI is InChI=1S/C25H22ClNO4/c26-21-12-6-1-7-15(21)13-22(27)23(24(28)29)25(30)31-14-20-18-10-4-2-8-16(18)17-9-3-5-11-19(17)20/h1-12,20,22-23H,13-14,27H2,(H,28,29)/t22-,23-/m0/s1. The molecule has 5 nitrogen and oxygen atoms in total. The Morgan fingerprint density at radius 1 is 0.935 bits per heavy atom. The molecular formula is C25H22ClNO4. The van der Waals surface area contributed by atoms with Gasteiger partial charge in [-0.25, -0.2) is 0 Å². The third-order valence-electron chi connectivity index (χ3n) is 5.72. The lowest BCUT2D eigenvalue weighted by atomic mass is 9.94. The average Bonchev–Trinajstić information content (AvgIpc) is 3.07. The highest BCUT2D eigenvalue weighted by atomic mass is 35.5. The highest BCUT2D eigenvalue weighted by Crippen LogP contribution is 2.44. The molecule has 2 atom stereocenters. The molecule has 0 aliphatic heterocycles. The first-order chi connectivity index (χ1) is 15.0. The first-order valence-corrected chi connectivity index (χ1v) is 10.4. The Kier molecular flexibility index (Phi) is 6.07. The Morgan fingerprint density at radius 3 is 2.06 bits per heavy atom. The van der Waals surface area contributed by atoms with E-state index in [2.05, 4.69) is 0 Å². The number of halogens is 1. The number of esters is 1. The van der Waals surface area contributed by atoms with Crippen LogP contribution in [0.4, 0.5) is 0 Å². The van der Waals surface area contributed by atoms with Crippen molar-refractivity contribution in [2.75, 3.05) is 6.61 Å². The zero-order valence-electron chi connectivity index (χ0n) is 16.7. The molecule has 0 spiro atoms. The molecule has 3 aromatic rings. The van der Waals surface area contributed by atoms with Crippen molar-refractivity contribution in [1.82, 2.24) is 0 Å². The first kappa shape index (κ1) is 21.1. The van der Waals surface area contributed by atoms with Crippen molar-refractivity contribution < 1.29 is 19.4 Å². The summed E-state index contributed by atoms with van der Waals surface area (Å²) in [7, 11) is 0. The van der Waals surface area contributed by atoms with Crippen LogP contribution < -0.4 is 5.73 Å². The van der Waals surface area contributed by atoms with Gasteiger partial charge >= 0.3 is 11.9 Å². The van der Waals surface area contributed by atoms with Crippen LogP contribution in [0, 0.1) is 5.92 Å². The summed E-state index contributed by atoms with van der Waals surface area (Å²) >= 11 is 6.16. The number of carbonyl (C=O) groups excluding carboxylic acids is 1. The van der Waals surface area contributed by atoms with Crippen LogP contribution in [0.1, 0.15) is 22.6 Å². The minimum Gasteiger partial charge on any atom is -0.481 e. The van der Waals surface area contributed by atoms with E-state index in [4.69, 9.17) is 22.1 Å². The van der Waals surface area contributed by atoms with E-state index in [1.54, 1.807) is 24.3 Å². The van der Waals surface area contributed by atoms with E-state index in [-0.39, 0.29) is 18.9 Å². The van der Waals surface area contributed by atoms with Crippen LogP contribution in [0.2, 0.25) is 5.02 Å². The highest BCUT2D eigenvalue weighted by molar-refractivity contribution is 6.31. The molecule has 1 aliphatic rings. The predicted octanol–water partition coefficient (Wildman–Crippen LogP) is 4.27. The summed E-state index contributed by atoms with van der Waals surface area (Å²) in [4.78, 5) is 24.6. The van der Waals surface area contributed by atoms with Crippen molar-refractivity contribution >= 4 is 23.5 Å². The summed E-state index contributed by atoms with van der Waals surface area (Å²) < 4.78 is 5.52. The van der Waals surface area contributed by atoms with Gasteiger partial charge in [0.05, 0.1) is 0 Å². The molecule has 0 bridgehead atoms. The molecule has 6 heteroatoms. The Labute approximate surface area is 185 Å². The van der Waals surface area contributed by atoms with Crippen LogP contribution in [0.3, 0.4) is 0 Å². The smallest absolute Gasteiger partial charge is 0.321 e. The van der Waals surface area contributed by atoms with E-state index in [9.17, 15) is 14.7 Å². The van der Waals surface area contributed by atoms with Crippen molar-refractivity contribution in [2.24, 2.45) is 11.7 Å². The number of nitrogens with two attached hydrogens (primary N) is 1.